The van der Waals surface area contributed by atoms with Crippen LogP contribution >= 0.6 is 0 Å². The molecule has 0 aliphatic heterocycles. The molecule has 9 nitrogen and oxygen atoms in total. The largest absolute Gasteiger partial charge is 0.505 e. The summed E-state index contributed by atoms with van der Waals surface area (Å²) in [6.45, 7) is 0.144. The van der Waals surface area contributed by atoms with Gasteiger partial charge in [0.15, 0.2) is 11.4 Å². The van der Waals surface area contributed by atoms with Crippen LogP contribution in [0.3, 0.4) is 0 Å². The predicted octanol–water partition coefficient (Wildman–Crippen LogP) is 2.53. The third-order valence-electron chi connectivity index (χ3n) is 4.54. The van der Waals surface area contributed by atoms with E-state index in [0.29, 0.717) is 23.3 Å². The number of benzene rings is 2. The number of ether oxygens (including phenoxy) is 1. The highest BCUT2D eigenvalue weighted by Gasteiger charge is 2.20. The average Bonchev–Trinajstić information content (AvgIpc) is 2.77. The number of nitriles is 1. The minimum Gasteiger partial charge on any atom is -0.505 e. The highest BCUT2D eigenvalue weighted by atomic mass is 16.5. The van der Waals surface area contributed by atoms with E-state index in [-0.39, 0.29) is 35.5 Å². The Bertz CT molecular complexity index is 1160. The molecule has 0 aliphatic rings. The number of aromatic nitrogens is 1. The van der Waals surface area contributed by atoms with Crippen molar-refractivity contribution < 1.29 is 24.5 Å². The topological polar surface area (TPSA) is 159 Å². The molecular weight excluding hydrogens is 400 g/mol. The first kappa shape index (κ1) is 21.5. The van der Waals surface area contributed by atoms with E-state index in [4.69, 9.17) is 15.6 Å². The van der Waals surface area contributed by atoms with Gasteiger partial charge in [-0.05, 0) is 43.2 Å². The first-order chi connectivity index (χ1) is 14.9. The van der Waals surface area contributed by atoms with Gasteiger partial charge in [0, 0.05) is 17.3 Å². The van der Waals surface area contributed by atoms with Gasteiger partial charge < -0.3 is 26.0 Å². The lowest BCUT2D eigenvalue weighted by atomic mass is 10.1. The lowest BCUT2D eigenvalue weighted by Crippen LogP contribution is -2.32. The lowest BCUT2D eigenvalue weighted by Gasteiger charge is -2.12. The van der Waals surface area contributed by atoms with E-state index in [1.54, 1.807) is 30.3 Å². The fraction of sp³-hybridized carbons (Fsp3) is 0.182. The van der Waals surface area contributed by atoms with Crippen molar-refractivity contribution in [2.75, 3.05) is 6.54 Å². The Hall–Kier alpha value is -4.16. The van der Waals surface area contributed by atoms with Crippen molar-refractivity contribution in [2.45, 2.75) is 18.9 Å². The van der Waals surface area contributed by atoms with Gasteiger partial charge >= 0.3 is 5.97 Å². The summed E-state index contributed by atoms with van der Waals surface area (Å²) in [6, 6.07) is 14.7. The van der Waals surface area contributed by atoms with Crippen molar-refractivity contribution in [3.63, 3.8) is 0 Å². The summed E-state index contributed by atoms with van der Waals surface area (Å²) in [6.07, 6.45) is 0.513. The number of hydrogen-bond acceptors (Lipinski definition) is 7. The molecule has 1 atom stereocenters. The number of aliphatic carboxylic acids is 1. The fourth-order valence-corrected chi connectivity index (χ4v) is 2.94. The molecule has 0 radical (unpaired) electrons. The minimum atomic E-state index is -1.12. The molecule has 1 unspecified atom stereocenters. The maximum atomic E-state index is 12.4. The number of carbonyl (C=O) groups is 2. The summed E-state index contributed by atoms with van der Waals surface area (Å²) >= 11 is 0. The van der Waals surface area contributed by atoms with Crippen molar-refractivity contribution in [2.24, 2.45) is 5.73 Å². The summed E-state index contributed by atoms with van der Waals surface area (Å²) in [5.74, 6) is -1.10. The molecule has 0 saturated heterocycles. The number of carboxylic acid groups (broad SMARTS) is 1. The van der Waals surface area contributed by atoms with E-state index in [1.165, 1.54) is 0 Å². The highest BCUT2D eigenvalue weighted by molar-refractivity contribution is 6.03. The fourth-order valence-electron chi connectivity index (χ4n) is 2.94. The molecule has 0 fully saturated rings. The first-order valence-electron chi connectivity index (χ1n) is 9.47. The van der Waals surface area contributed by atoms with Crippen molar-refractivity contribution in [3.05, 3.63) is 59.9 Å². The Kier molecular flexibility index (Phi) is 6.64. The number of carbonyl (C=O) groups excluding carboxylic acids is 1. The second-order valence-corrected chi connectivity index (χ2v) is 6.73. The number of nitrogens with zero attached hydrogens (tertiary/aromatic N) is 2. The minimum absolute atomic E-state index is 0.0376. The molecule has 31 heavy (non-hydrogen) atoms. The normalized spacial score (nSPS) is 11.5. The number of nitrogens with one attached hydrogen (secondary N) is 1. The van der Waals surface area contributed by atoms with Crippen molar-refractivity contribution in [3.8, 4) is 23.3 Å². The molecule has 2 aromatic carbocycles. The van der Waals surface area contributed by atoms with Crippen molar-refractivity contribution in [1.82, 2.24) is 10.3 Å². The second kappa shape index (κ2) is 9.56. The van der Waals surface area contributed by atoms with Gasteiger partial charge in [-0.1, -0.05) is 18.2 Å². The molecule has 0 spiro atoms. The molecule has 1 amide bonds. The maximum Gasteiger partial charge on any atom is 0.320 e. The van der Waals surface area contributed by atoms with E-state index in [1.807, 2.05) is 24.3 Å². The highest BCUT2D eigenvalue weighted by Crippen LogP contribution is 2.33. The predicted molar refractivity (Wildman–Crippen MR) is 112 cm³/mol. The lowest BCUT2D eigenvalue weighted by molar-refractivity contribution is -0.138. The van der Waals surface area contributed by atoms with E-state index in [9.17, 15) is 20.0 Å². The van der Waals surface area contributed by atoms with E-state index >= 15 is 0 Å². The van der Waals surface area contributed by atoms with Crippen LogP contribution in [0.25, 0.3) is 10.8 Å². The number of carboxylic acids is 1. The zero-order valence-electron chi connectivity index (χ0n) is 16.4. The van der Waals surface area contributed by atoms with Crippen LogP contribution < -0.4 is 15.8 Å². The summed E-state index contributed by atoms with van der Waals surface area (Å²) in [4.78, 5) is 27.2. The SMILES string of the molecule is N#Cc1nc(C(=O)NCCCC(N)C(=O)O)c(O)c2ccc(Oc3ccccc3)cc12. The molecule has 1 heterocycles. The quantitative estimate of drug-likeness (QED) is 0.405. The van der Waals surface area contributed by atoms with Crippen LogP contribution in [0.1, 0.15) is 29.0 Å². The number of hydrogen-bond donors (Lipinski definition) is 4. The smallest absolute Gasteiger partial charge is 0.320 e. The van der Waals surface area contributed by atoms with Crippen LogP contribution in [0.2, 0.25) is 0 Å². The standard InChI is InChI=1S/C22H20N4O5/c23-12-18-16-11-14(31-13-5-2-1-3-6-13)8-9-15(16)20(27)19(26-18)21(28)25-10-4-7-17(24)22(29)30/h1-3,5-6,8-9,11,17,27H,4,7,10,24H2,(H,25,28)(H,29,30). The van der Waals surface area contributed by atoms with E-state index in [2.05, 4.69) is 10.3 Å². The zero-order valence-corrected chi connectivity index (χ0v) is 16.4. The Labute approximate surface area is 177 Å². The van der Waals surface area contributed by atoms with Gasteiger partial charge in [0.2, 0.25) is 0 Å². The van der Waals surface area contributed by atoms with E-state index < -0.39 is 17.9 Å². The van der Waals surface area contributed by atoms with Crippen molar-refractivity contribution in [1.29, 1.82) is 5.26 Å². The van der Waals surface area contributed by atoms with E-state index in [0.717, 1.165) is 0 Å². The van der Waals surface area contributed by atoms with Gasteiger partial charge in [0.1, 0.15) is 29.3 Å². The Morgan fingerprint density at radius 3 is 2.58 bits per heavy atom. The summed E-state index contributed by atoms with van der Waals surface area (Å²) in [5.41, 5.74) is 5.09. The molecule has 9 heteroatoms. The number of fused-ring (bicyclic) bond motifs is 1. The molecular formula is C22H20N4O5. The van der Waals surface area contributed by atoms with Crippen LogP contribution in [-0.4, -0.2) is 39.7 Å². The first-order valence-corrected chi connectivity index (χ1v) is 9.47. The molecule has 3 rings (SSSR count). The number of aromatic hydroxyl groups is 1. The van der Waals surface area contributed by atoms with Gasteiger partial charge in [-0.25, -0.2) is 4.98 Å². The monoisotopic (exact) mass is 420 g/mol. The number of para-hydroxylation sites is 1. The molecule has 0 bridgehead atoms. The Balaban J connectivity index is 1.81. The molecule has 5 N–H and O–H groups in total. The number of nitrogens with two attached hydrogens (primary N) is 1. The number of rotatable bonds is 8. The molecule has 158 valence electrons. The zero-order chi connectivity index (χ0) is 22.4. The van der Waals surface area contributed by atoms with Crippen LogP contribution in [0.4, 0.5) is 0 Å². The van der Waals surface area contributed by atoms with Gasteiger partial charge in [-0.2, -0.15) is 5.26 Å². The summed E-state index contributed by atoms with van der Waals surface area (Å²) in [5, 5.41) is 32.0. The Morgan fingerprint density at radius 2 is 1.90 bits per heavy atom. The molecule has 0 saturated carbocycles. The Morgan fingerprint density at radius 1 is 1.16 bits per heavy atom. The molecule has 1 aromatic heterocycles. The van der Waals surface area contributed by atoms with Crippen LogP contribution in [-0.2, 0) is 4.79 Å². The second-order valence-electron chi connectivity index (χ2n) is 6.73. The number of amides is 1. The van der Waals surface area contributed by atoms with Crippen molar-refractivity contribution >= 4 is 22.6 Å². The molecule has 0 aliphatic carbocycles. The van der Waals surface area contributed by atoms with Gasteiger partial charge in [-0.15, -0.1) is 0 Å². The van der Waals surface area contributed by atoms with Crippen LogP contribution in [0, 0.1) is 11.3 Å². The summed E-state index contributed by atoms with van der Waals surface area (Å²) < 4.78 is 5.75. The van der Waals surface area contributed by atoms with Crippen LogP contribution in [0.5, 0.6) is 17.2 Å². The number of pyridine rings is 1. The summed E-state index contributed by atoms with van der Waals surface area (Å²) in [7, 11) is 0. The third-order valence-corrected chi connectivity index (χ3v) is 4.54. The third kappa shape index (κ3) is 5.07. The molecule has 3 aromatic rings. The van der Waals surface area contributed by atoms with Gasteiger partial charge in [-0.3, -0.25) is 9.59 Å². The van der Waals surface area contributed by atoms with Gasteiger partial charge in [0.25, 0.3) is 5.91 Å². The average molecular weight is 420 g/mol. The van der Waals surface area contributed by atoms with Crippen LogP contribution in [0.15, 0.2) is 48.5 Å². The maximum absolute atomic E-state index is 12.4. The van der Waals surface area contributed by atoms with Gasteiger partial charge in [0.05, 0.1) is 0 Å².